The third kappa shape index (κ3) is 4.75. The molecule has 0 radical (unpaired) electrons. The molecule has 0 atom stereocenters. The van der Waals surface area contributed by atoms with Crippen LogP contribution >= 0.6 is 23.4 Å². The Bertz CT molecular complexity index is 1030. The minimum absolute atomic E-state index is 0.00390. The number of hydrogen-bond donors (Lipinski definition) is 2. The number of aliphatic hydroxyl groups excluding tert-OH is 1. The molecule has 0 saturated carbocycles. The average Bonchev–Trinajstić information content (AvgIpc) is 2.99. The number of hydrogen-bond acceptors (Lipinski definition) is 7. The highest BCUT2D eigenvalue weighted by molar-refractivity contribution is 8.18. The van der Waals surface area contributed by atoms with Gasteiger partial charge in [-0.3, -0.25) is 0 Å². The molecule has 6 nitrogen and oxygen atoms in total. The summed E-state index contributed by atoms with van der Waals surface area (Å²) in [6.45, 7) is 1.85. The number of carbonyl (C=O) groups excluding carboxylic acids is 1. The Kier molecular flexibility index (Phi) is 6.51. The summed E-state index contributed by atoms with van der Waals surface area (Å²) in [5.41, 5.74) is 1.19. The molecule has 0 fully saturated rings. The van der Waals surface area contributed by atoms with Gasteiger partial charge in [0.25, 0.3) is 0 Å². The van der Waals surface area contributed by atoms with E-state index in [1.54, 1.807) is 49.4 Å². The van der Waals surface area contributed by atoms with Crippen molar-refractivity contribution in [3.63, 3.8) is 0 Å². The van der Waals surface area contributed by atoms with Crippen LogP contribution in [-0.2, 0) is 9.53 Å². The number of benzene rings is 2. The fourth-order valence-corrected chi connectivity index (χ4v) is 3.73. The molecule has 150 valence electrons. The number of carbonyl (C=O) groups is 1. The largest absolute Gasteiger partial charge is 0.506 e. The molecule has 1 heterocycles. The number of phenols is 1. The van der Waals surface area contributed by atoms with Crippen molar-refractivity contribution < 1.29 is 24.5 Å². The SMILES string of the molecule is CCOC(=O)C1=C(O)/C(=C\c2ccc(OC)c(O)c2)SC1=Nc1ccc(Cl)cc1. The van der Waals surface area contributed by atoms with Crippen molar-refractivity contribution in [1.29, 1.82) is 0 Å². The second-order valence-electron chi connectivity index (χ2n) is 5.88. The summed E-state index contributed by atoms with van der Waals surface area (Å²) in [6, 6.07) is 11.6. The molecule has 3 rings (SSSR count). The molecule has 2 aromatic carbocycles. The van der Waals surface area contributed by atoms with Gasteiger partial charge in [-0.2, -0.15) is 0 Å². The smallest absolute Gasteiger partial charge is 0.344 e. The van der Waals surface area contributed by atoms with Crippen molar-refractivity contribution in [3.8, 4) is 11.5 Å². The van der Waals surface area contributed by atoms with Crippen molar-refractivity contribution in [3.05, 3.63) is 69.3 Å². The van der Waals surface area contributed by atoms with Crippen molar-refractivity contribution >= 4 is 46.1 Å². The molecular weight excluding hydrogens is 414 g/mol. The third-order valence-electron chi connectivity index (χ3n) is 3.93. The topological polar surface area (TPSA) is 88.4 Å². The molecule has 29 heavy (non-hydrogen) atoms. The fraction of sp³-hybridized carbons (Fsp3) is 0.143. The molecule has 1 aliphatic heterocycles. The predicted octanol–water partition coefficient (Wildman–Crippen LogP) is 5.25. The summed E-state index contributed by atoms with van der Waals surface area (Å²) in [7, 11) is 1.46. The summed E-state index contributed by atoms with van der Waals surface area (Å²) in [5, 5.41) is 21.5. The molecule has 0 spiro atoms. The van der Waals surface area contributed by atoms with Gasteiger partial charge in [0, 0.05) is 5.02 Å². The maximum absolute atomic E-state index is 12.4. The Hall–Kier alpha value is -2.90. The molecule has 0 bridgehead atoms. The van der Waals surface area contributed by atoms with E-state index in [-0.39, 0.29) is 23.7 Å². The van der Waals surface area contributed by atoms with E-state index in [2.05, 4.69) is 4.99 Å². The number of phenolic OH excluding ortho intramolecular Hbond substituents is 1. The van der Waals surface area contributed by atoms with Gasteiger partial charge < -0.3 is 19.7 Å². The maximum atomic E-state index is 12.4. The van der Waals surface area contributed by atoms with Crippen LogP contribution in [0.1, 0.15) is 12.5 Å². The minimum Gasteiger partial charge on any atom is -0.506 e. The first-order valence-corrected chi connectivity index (χ1v) is 9.84. The number of ether oxygens (including phenoxy) is 2. The van der Waals surface area contributed by atoms with Gasteiger partial charge in [0.15, 0.2) is 11.5 Å². The lowest BCUT2D eigenvalue weighted by Gasteiger charge is -2.04. The van der Waals surface area contributed by atoms with E-state index in [1.165, 1.54) is 13.2 Å². The minimum atomic E-state index is -0.661. The Labute approximate surface area is 177 Å². The van der Waals surface area contributed by atoms with Crippen molar-refractivity contribution in [2.75, 3.05) is 13.7 Å². The number of methoxy groups -OCH3 is 1. The highest BCUT2D eigenvalue weighted by Crippen LogP contribution is 2.41. The van der Waals surface area contributed by atoms with Gasteiger partial charge in [0.2, 0.25) is 0 Å². The molecule has 0 saturated heterocycles. The average molecular weight is 432 g/mol. The molecular formula is C21H18ClNO5S. The first-order chi connectivity index (χ1) is 13.9. The zero-order chi connectivity index (χ0) is 21.0. The zero-order valence-corrected chi connectivity index (χ0v) is 17.3. The van der Waals surface area contributed by atoms with Crippen LogP contribution in [0.3, 0.4) is 0 Å². The van der Waals surface area contributed by atoms with E-state index in [0.717, 1.165) is 11.8 Å². The van der Waals surface area contributed by atoms with Crippen molar-refractivity contribution in [1.82, 2.24) is 0 Å². The Morgan fingerprint density at radius 2 is 1.93 bits per heavy atom. The number of aliphatic hydroxyl groups is 1. The molecule has 2 N–H and O–H groups in total. The zero-order valence-electron chi connectivity index (χ0n) is 15.7. The number of aliphatic imine (C=N–C) groups is 1. The van der Waals surface area contributed by atoms with Crippen LogP contribution in [0, 0.1) is 0 Å². The summed E-state index contributed by atoms with van der Waals surface area (Å²) in [6.07, 6.45) is 1.64. The highest BCUT2D eigenvalue weighted by atomic mass is 35.5. The normalized spacial score (nSPS) is 16.5. The van der Waals surface area contributed by atoms with Crippen molar-refractivity contribution in [2.45, 2.75) is 6.92 Å². The number of aromatic hydroxyl groups is 1. The van der Waals surface area contributed by atoms with Gasteiger partial charge in [-0.15, -0.1) is 0 Å². The van der Waals surface area contributed by atoms with Crippen LogP contribution in [0.15, 0.2) is 63.7 Å². The fourth-order valence-electron chi connectivity index (χ4n) is 2.57. The van der Waals surface area contributed by atoms with Crippen molar-refractivity contribution in [2.24, 2.45) is 4.99 Å². The first kappa shape index (κ1) is 20.8. The summed E-state index contributed by atoms with van der Waals surface area (Å²) >= 11 is 7.04. The summed E-state index contributed by atoms with van der Waals surface area (Å²) in [4.78, 5) is 17.3. The summed E-state index contributed by atoms with van der Waals surface area (Å²) < 4.78 is 10.1. The second kappa shape index (κ2) is 9.07. The van der Waals surface area contributed by atoms with Gasteiger partial charge >= 0.3 is 5.97 Å². The lowest BCUT2D eigenvalue weighted by atomic mass is 10.1. The van der Waals surface area contributed by atoms with Crippen LogP contribution in [0.25, 0.3) is 6.08 Å². The van der Waals surface area contributed by atoms with E-state index in [1.807, 2.05) is 0 Å². The van der Waals surface area contributed by atoms with E-state index in [4.69, 9.17) is 21.1 Å². The van der Waals surface area contributed by atoms with Gasteiger partial charge in [0.05, 0.1) is 24.3 Å². The molecule has 0 amide bonds. The van der Waals surface area contributed by atoms with E-state index in [9.17, 15) is 15.0 Å². The Morgan fingerprint density at radius 1 is 1.21 bits per heavy atom. The molecule has 0 aliphatic carbocycles. The van der Waals surface area contributed by atoms with E-state index >= 15 is 0 Å². The van der Waals surface area contributed by atoms with Gasteiger partial charge in [-0.1, -0.05) is 29.4 Å². The number of rotatable bonds is 5. The predicted molar refractivity (Wildman–Crippen MR) is 115 cm³/mol. The van der Waals surface area contributed by atoms with Crippen LogP contribution in [0.5, 0.6) is 11.5 Å². The third-order valence-corrected chi connectivity index (χ3v) is 5.20. The van der Waals surface area contributed by atoms with Gasteiger partial charge in [0.1, 0.15) is 16.4 Å². The van der Waals surface area contributed by atoms with Crippen LogP contribution in [0.2, 0.25) is 5.02 Å². The molecule has 0 unspecified atom stereocenters. The number of thioether (sulfide) groups is 1. The maximum Gasteiger partial charge on any atom is 0.344 e. The number of esters is 1. The quantitative estimate of drug-likeness (QED) is 0.629. The lowest BCUT2D eigenvalue weighted by molar-refractivity contribution is -0.138. The molecule has 2 aromatic rings. The first-order valence-electron chi connectivity index (χ1n) is 8.64. The van der Waals surface area contributed by atoms with Crippen LogP contribution in [-0.4, -0.2) is 34.9 Å². The van der Waals surface area contributed by atoms with E-state index in [0.29, 0.717) is 32.0 Å². The lowest BCUT2D eigenvalue weighted by Crippen LogP contribution is -2.12. The number of halogens is 1. The monoisotopic (exact) mass is 431 g/mol. The molecule has 8 heteroatoms. The highest BCUT2D eigenvalue weighted by Gasteiger charge is 2.33. The Morgan fingerprint density at radius 3 is 2.55 bits per heavy atom. The van der Waals surface area contributed by atoms with Gasteiger partial charge in [-0.05, 0) is 55.0 Å². The number of nitrogens with zero attached hydrogens (tertiary/aromatic N) is 1. The Balaban J connectivity index is 2.02. The van der Waals surface area contributed by atoms with Gasteiger partial charge in [-0.25, -0.2) is 9.79 Å². The van der Waals surface area contributed by atoms with E-state index < -0.39 is 5.97 Å². The van der Waals surface area contributed by atoms with Crippen LogP contribution < -0.4 is 4.74 Å². The van der Waals surface area contributed by atoms with Crippen LogP contribution in [0.4, 0.5) is 5.69 Å². The standard InChI is InChI=1S/C21H18ClNO5S/c1-3-28-21(26)18-19(25)17(11-12-4-9-16(27-2)15(24)10-12)29-20(18)23-14-7-5-13(22)6-8-14/h4-11,24-25H,3H2,1-2H3/b17-11+,23-20?. The second-order valence-corrected chi connectivity index (χ2v) is 7.35. The molecule has 1 aliphatic rings. The molecule has 0 aromatic heterocycles. The summed E-state index contributed by atoms with van der Waals surface area (Å²) in [5.74, 6) is -0.583.